The average Bonchev–Trinajstić information content (AvgIpc) is 1.82. The van der Waals surface area contributed by atoms with Crippen molar-refractivity contribution in [3.63, 3.8) is 0 Å². The number of esters is 1. The number of ether oxygens (including phenoxy) is 1. The lowest BCUT2D eigenvalue weighted by molar-refractivity contribution is -0.177. The zero-order chi connectivity index (χ0) is 7.72. The van der Waals surface area contributed by atoms with Crippen LogP contribution in [0.15, 0.2) is 0 Å². The van der Waals surface area contributed by atoms with E-state index in [0.717, 1.165) is 0 Å². The monoisotopic (exact) mass is 146 g/mol. The van der Waals surface area contributed by atoms with Gasteiger partial charge in [0.1, 0.15) is 6.10 Å². The second-order valence-electron chi connectivity index (χ2n) is 2.50. The van der Waals surface area contributed by atoms with Crippen molar-refractivity contribution in [3.8, 4) is 0 Å². The summed E-state index contributed by atoms with van der Waals surface area (Å²) >= 11 is 0. The molecule has 0 amide bonds. The lowest BCUT2D eigenvalue weighted by Gasteiger charge is -2.26. The Bertz CT molecular complexity index is 145. The van der Waals surface area contributed by atoms with Crippen LogP contribution in [0, 0.1) is 0 Å². The van der Waals surface area contributed by atoms with Gasteiger partial charge in [0.2, 0.25) is 0 Å². The van der Waals surface area contributed by atoms with Gasteiger partial charge in [0.15, 0.2) is 6.10 Å². The molecule has 0 aromatic rings. The molecule has 3 atom stereocenters. The van der Waals surface area contributed by atoms with E-state index >= 15 is 0 Å². The van der Waals surface area contributed by atoms with E-state index in [1.165, 1.54) is 0 Å². The van der Waals surface area contributed by atoms with E-state index in [2.05, 4.69) is 4.74 Å². The van der Waals surface area contributed by atoms with Gasteiger partial charge in [0.25, 0.3) is 0 Å². The van der Waals surface area contributed by atoms with Crippen molar-refractivity contribution in [3.05, 3.63) is 0 Å². The molecule has 4 nitrogen and oxygen atoms in total. The molecule has 58 valence electrons. The summed E-state index contributed by atoms with van der Waals surface area (Å²) in [5.41, 5.74) is 0. The highest BCUT2D eigenvalue weighted by atomic mass is 16.6. The van der Waals surface area contributed by atoms with Gasteiger partial charge in [-0.1, -0.05) is 0 Å². The number of cyclic esters (lactones) is 1. The zero-order valence-electron chi connectivity index (χ0n) is 5.65. The molecule has 3 unspecified atom stereocenters. The second-order valence-corrected chi connectivity index (χ2v) is 2.50. The fourth-order valence-corrected chi connectivity index (χ4v) is 0.942. The van der Waals surface area contributed by atoms with Crippen LogP contribution in [0.2, 0.25) is 0 Å². The maximum Gasteiger partial charge on any atom is 0.337 e. The van der Waals surface area contributed by atoms with Crippen LogP contribution in [0.1, 0.15) is 13.3 Å². The number of carbonyl (C=O) groups excluding carboxylic acids is 1. The summed E-state index contributed by atoms with van der Waals surface area (Å²) in [7, 11) is 0. The van der Waals surface area contributed by atoms with Crippen LogP contribution in [0.3, 0.4) is 0 Å². The van der Waals surface area contributed by atoms with Crippen LogP contribution in [-0.2, 0) is 9.53 Å². The molecule has 4 heteroatoms. The molecule has 0 radical (unpaired) electrons. The zero-order valence-corrected chi connectivity index (χ0v) is 5.65. The molecule has 1 fully saturated rings. The molecule has 10 heavy (non-hydrogen) atoms. The van der Waals surface area contributed by atoms with Crippen molar-refractivity contribution in [2.75, 3.05) is 0 Å². The molecule has 1 aliphatic rings. The van der Waals surface area contributed by atoms with E-state index < -0.39 is 18.2 Å². The third kappa shape index (κ3) is 1.27. The van der Waals surface area contributed by atoms with Crippen molar-refractivity contribution in [2.24, 2.45) is 0 Å². The topological polar surface area (TPSA) is 66.8 Å². The van der Waals surface area contributed by atoms with Gasteiger partial charge in [-0.05, 0) is 6.92 Å². The summed E-state index contributed by atoms with van der Waals surface area (Å²) in [4.78, 5) is 10.6. The minimum Gasteiger partial charge on any atom is -0.461 e. The maximum absolute atomic E-state index is 10.6. The molecular weight excluding hydrogens is 136 g/mol. The lowest BCUT2D eigenvalue weighted by Crippen LogP contribution is -2.44. The molecule has 0 aliphatic carbocycles. The fraction of sp³-hybridized carbons (Fsp3) is 0.833. The Balaban J connectivity index is 2.57. The van der Waals surface area contributed by atoms with Gasteiger partial charge >= 0.3 is 5.97 Å². The number of aliphatic hydroxyl groups excluding tert-OH is 2. The molecule has 0 aromatic carbocycles. The quantitative estimate of drug-likeness (QED) is 0.432. The second kappa shape index (κ2) is 2.56. The SMILES string of the molecule is CC1CC(O)C(O)C(=O)O1. The first-order chi connectivity index (χ1) is 4.61. The van der Waals surface area contributed by atoms with Crippen molar-refractivity contribution >= 4 is 5.97 Å². The first-order valence-corrected chi connectivity index (χ1v) is 3.18. The molecule has 2 N–H and O–H groups in total. The van der Waals surface area contributed by atoms with Crippen molar-refractivity contribution in [2.45, 2.75) is 31.7 Å². The molecule has 1 rings (SSSR count). The van der Waals surface area contributed by atoms with Crippen LogP contribution in [0.5, 0.6) is 0 Å². The molecule has 0 saturated carbocycles. The summed E-state index contributed by atoms with van der Waals surface area (Å²) in [5, 5.41) is 17.8. The van der Waals surface area contributed by atoms with E-state index in [9.17, 15) is 4.79 Å². The van der Waals surface area contributed by atoms with Crippen molar-refractivity contribution in [1.29, 1.82) is 0 Å². The van der Waals surface area contributed by atoms with Gasteiger partial charge in [0, 0.05) is 6.42 Å². The number of carbonyl (C=O) groups is 1. The average molecular weight is 146 g/mol. The molecule has 0 aromatic heterocycles. The fourth-order valence-electron chi connectivity index (χ4n) is 0.942. The van der Waals surface area contributed by atoms with E-state index in [1.54, 1.807) is 6.92 Å². The third-order valence-electron chi connectivity index (χ3n) is 1.50. The Morgan fingerprint density at radius 3 is 2.70 bits per heavy atom. The van der Waals surface area contributed by atoms with Gasteiger partial charge in [0.05, 0.1) is 6.10 Å². The van der Waals surface area contributed by atoms with Crippen molar-refractivity contribution < 1.29 is 19.7 Å². The predicted octanol–water partition coefficient (Wildman–Crippen LogP) is -0.956. The van der Waals surface area contributed by atoms with E-state index in [-0.39, 0.29) is 6.10 Å². The standard InChI is InChI=1S/C6H10O4/c1-3-2-4(7)5(8)6(9)10-3/h3-5,7-8H,2H2,1H3. The molecule has 1 aliphatic heterocycles. The largest absolute Gasteiger partial charge is 0.461 e. The van der Waals surface area contributed by atoms with Gasteiger partial charge < -0.3 is 14.9 Å². The molecule has 0 spiro atoms. The van der Waals surface area contributed by atoms with Crippen molar-refractivity contribution in [1.82, 2.24) is 0 Å². The number of hydrogen-bond acceptors (Lipinski definition) is 4. The van der Waals surface area contributed by atoms with E-state index in [0.29, 0.717) is 6.42 Å². The normalized spacial score (nSPS) is 41.1. The van der Waals surface area contributed by atoms with E-state index in [4.69, 9.17) is 10.2 Å². The van der Waals surface area contributed by atoms with Crippen LogP contribution in [0.4, 0.5) is 0 Å². The first kappa shape index (κ1) is 7.50. The van der Waals surface area contributed by atoms with Crippen LogP contribution in [-0.4, -0.2) is 34.5 Å². The van der Waals surface area contributed by atoms with Crippen LogP contribution < -0.4 is 0 Å². The number of aliphatic hydroxyl groups is 2. The Morgan fingerprint density at radius 1 is 1.60 bits per heavy atom. The Hall–Kier alpha value is -0.610. The third-order valence-corrected chi connectivity index (χ3v) is 1.50. The van der Waals surface area contributed by atoms with Crippen LogP contribution in [0.25, 0.3) is 0 Å². The summed E-state index contributed by atoms with van der Waals surface area (Å²) in [5.74, 6) is -0.730. The molecular formula is C6H10O4. The lowest BCUT2D eigenvalue weighted by atomic mass is 10.0. The maximum atomic E-state index is 10.6. The Morgan fingerprint density at radius 2 is 2.20 bits per heavy atom. The minimum atomic E-state index is -1.35. The number of rotatable bonds is 0. The number of hydrogen-bond donors (Lipinski definition) is 2. The summed E-state index contributed by atoms with van der Waals surface area (Å²) in [6.07, 6.45) is -2.29. The van der Waals surface area contributed by atoms with E-state index in [1.807, 2.05) is 0 Å². The van der Waals surface area contributed by atoms with Gasteiger partial charge in [-0.25, -0.2) is 4.79 Å². The first-order valence-electron chi connectivity index (χ1n) is 3.18. The highest BCUT2D eigenvalue weighted by Gasteiger charge is 2.33. The summed E-state index contributed by atoms with van der Waals surface area (Å²) < 4.78 is 4.62. The molecule has 0 bridgehead atoms. The summed E-state index contributed by atoms with van der Waals surface area (Å²) in [6, 6.07) is 0. The van der Waals surface area contributed by atoms with Crippen LogP contribution >= 0.6 is 0 Å². The van der Waals surface area contributed by atoms with Gasteiger partial charge in [-0.3, -0.25) is 0 Å². The Labute approximate surface area is 58.4 Å². The molecule has 1 heterocycles. The Kier molecular flexibility index (Phi) is 1.92. The smallest absolute Gasteiger partial charge is 0.337 e. The highest BCUT2D eigenvalue weighted by molar-refractivity contribution is 5.76. The van der Waals surface area contributed by atoms with Gasteiger partial charge in [-0.15, -0.1) is 0 Å². The minimum absolute atomic E-state index is 0.286. The predicted molar refractivity (Wildman–Crippen MR) is 32.2 cm³/mol. The van der Waals surface area contributed by atoms with Gasteiger partial charge in [-0.2, -0.15) is 0 Å². The highest BCUT2D eigenvalue weighted by Crippen LogP contribution is 2.14. The molecule has 1 saturated heterocycles. The summed E-state index contributed by atoms with van der Waals surface area (Å²) in [6.45, 7) is 1.67.